The second-order valence-electron chi connectivity index (χ2n) is 12.6. The van der Waals surface area contributed by atoms with Gasteiger partial charge in [-0.25, -0.2) is 23.5 Å². The molecule has 2 saturated heterocycles. The van der Waals surface area contributed by atoms with Gasteiger partial charge in [-0.3, -0.25) is 14.4 Å². The molecular weight excluding hydrogens is 640 g/mol. The van der Waals surface area contributed by atoms with Gasteiger partial charge in [0.2, 0.25) is 11.3 Å². The van der Waals surface area contributed by atoms with Crippen molar-refractivity contribution in [1.82, 2.24) is 29.7 Å². The van der Waals surface area contributed by atoms with E-state index in [0.717, 1.165) is 25.6 Å². The van der Waals surface area contributed by atoms with Gasteiger partial charge in [0.25, 0.3) is 0 Å². The van der Waals surface area contributed by atoms with Crippen molar-refractivity contribution in [2.24, 2.45) is 18.7 Å². The second-order valence-corrected chi connectivity index (χ2v) is 12.6. The molecule has 2 atom stereocenters. The van der Waals surface area contributed by atoms with Crippen LogP contribution >= 0.6 is 0 Å². The quantitative estimate of drug-likeness (QED) is 0.153. The zero-order chi connectivity index (χ0) is 34.7. The summed E-state index contributed by atoms with van der Waals surface area (Å²) in [6.07, 6.45) is 5.22. The Morgan fingerprint density at radius 2 is 1.90 bits per heavy atom. The number of nitrogens with zero attached hydrogens (tertiary/aromatic N) is 5. The van der Waals surface area contributed by atoms with Gasteiger partial charge in [-0.2, -0.15) is 0 Å². The number of pyridine rings is 3. The molecule has 5 aromatic rings. The van der Waals surface area contributed by atoms with Crippen LogP contribution in [-0.4, -0.2) is 99.5 Å². The summed E-state index contributed by atoms with van der Waals surface area (Å²) >= 11 is 0. The van der Waals surface area contributed by atoms with Crippen LogP contribution in [0.25, 0.3) is 44.1 Å². The molecule has 0 saturated carbocycles. The Morgan fingerprint density at radius 1 is 1.10 bits per heavy atom. The molecule has 2 aliphatic heterocycles. The number of anilines is 2. The SMILES string of the molecule is CN1CC2CCN(c3c(-c4cnc5c(c4)c(=O)c(C(=O)O)cn5C)cnc4[nH]c5c(NCC(=O)CNC(=O)CN)cc(F)c(F)c5c34)C2C1. The lowest BCUT2D eigenvalue weighted by Crippen LogP contribution is -2.36. The van der Waals surface area contributed by atoms with Gasteiger partial charge >= 0.3 is 5.97 Å². The lowest BCUT2D eigenvalue weighted by atomic mass is 9.99. The summed E-state index contributed by atoms with van der Waals surface area (Å²) in [6, 6.07) is 2.57. The average molecular weight is 674 g/mol. The third-order valence-corrected chi connectivity index (χ3v) is 9.48. The van der Waals surface area contributed by atoms with Crippen LogP contribution in [0.2, 0.25) is 0 Å². The molecule has 1 amide bonds. The number of hydrogen-bond acceptors (Lipinski definition) is 10. The summed E-state index contributed by atoms with van der Waals surface area (Å²) in [5.41, 5.74) is 6.55. The standard InChI is InChI=1S/C33H33F2N9O5/c1-42-12-15-3-4-44(23(15)14-42)29-19(16-5-18-30(47)20(33(48)49)13-43(2)32(18)40-8-16)11-39-31-26(29)25-27(35)21(34)6-22(28(25)41-31)37-9-17(45)10-38-24(46)7-36/h5-6,8,11,13,15,23,37H,3-4,7,9-10,12,14,36H2,1-2H3,(H,38,46)(H,39,41)(H,48,49). The number of amides is 1. The maximum Gasteiger partial charge on any atom is 0.341 e. The number of hydrogen-bond donors (Lipinski definition) is 5. The molecule has 49 heavy (non-hydrogen) atoms. The molecule has 0 aliphatic carbocycles. The van der Waals surface area contributed by atoms with E-state index in [4.69, 9.17) is 5.73 Å². The van der Waals surface area contributed by atoms with Crippen LogP contribution in [0.5, 0.6) is 0 Å². The first-order valence-corrected chi connectivity index (χ1v) is 15.7. The van der Waals surface area contributed by atoms with E-state index in [1.165, 1.54) is 10.8 Å². The number of benzene rings is 1. The van der Waals surface area contributed by atoms with Crippen LogP contribution in [0, 0.1) is 17.6 Å². The molecule has 254 valence electrons. The van der Waals surface area contributed by atoms with Gasteiger partial charge in [0.1, 0.15) is 16.9 Å². The highest BCUT2D eigenvalue weighted by atomic mass is 19.2. The van der Waals surface area contributed by atoms with E-state index in [1.807, 2.05) is 7.05 Å². The highest BCUT2D eigenvalue weighted by Gasteiger charge is 2.42. The Kier molecular flexibility index (Phi) is 7.99. The van der Waals surface area contributed by atoms with E-state index in [-0.39, 0.29) is 58.9 Å². The van der Waals surface area contributed by atoms with Crippen molar-refractivity contribution in [2.45, 2.75) is 12.5 Å². The fourth-order valence-corrected chi connectivity index (χ4v) is 7.23. The molecule has 6 heterocycles. The number of aryl methyl sites for hydroxylation is 1. The first-order chi connectivity index (χ1) is 23.5. The smallest absolute Gasteiger partial charge is 0.341 e. The summed E-state index contributed by atoms with van der Waals surface area (Å²) in [6.45, 7) is 1.38. The summed E-state index contributed by atoms with van der Waals surface area (Å²) in [5.74, 6) is -4.21. The molecule has 7 rings (SSSR count). The Labute approximate surface area is 276 Å². The predicted octanol–water partition coefficient (Wildman–Crippen LogP) is 1.80. The third kappa shape index (κ3) is 5.42. The van der Waals surface area contributed by atoms with E-state index in [9.17, 15) is 24.3 Å². The Balaban J connectivity index is 1.43. The number of fused-ring (bicyclic) bond motifs is 5. The number of H-pyrrole nitrogens is 1. The van der Waals surface area contributed by atoms with Crippen LogP contribution in [0.1, 0.15) is 16.8 Å². The van der Waals surface area contributed by atoms with E-state index in [0.29, 0.717) is 34.7 Å². The number of halogens is 2. The first kappa shape index (κ1) is 32.1. The third-order valence-electron chi connectivity index (χ3n) is 9.48. The molecular formula is C33H33F2N9O5. The minimum atomic E-state index is -1.37. The highest BCUT2D eigenvalue weighted by molar-refractivity contribution is 6.18. The van der Waals surface area contributed by atoms with Gasteiger partial charge in [-0.15, -0.1) is 0 Å². The molecule has 2 aliphatic rings. The van der Waals surface area contributed by atoms with Crippen LogP contribution in [-0.2, 0) is 16.6 Å². The number of aromatic amines is 1. The molecule has 16 heteroatoms. The normalized spacial score (nSPS) is 17.7. The minimum Gasteiger partial charge on any atom is -0.477 e. The van der Waals surface area contributed by atoms with Crippen molar-refractivity contribution in [1.29, 1.82) is 0 Å². The number of nitrogens with one attached hydrogen (secondary N) is 3. The molecule has 2 fully saturated rings. The van der Waals surface area contributed by atoms with Crippen LogP contribution in [0.15, 0.2) is 35.5 Å². The number of Topliss-reactive ketones (excluding diaryl/α,β-unsaturated/α-hetero) is 1. The zero-order valence-electron chi connectivity index (χ0n) is 26.6. The monoisotopic (exact) mass is 673 g/mol. The van der Waals surface area contributed by atoms with Gasteiger partial charge < -0.3 is 40.8 Å². The first-order valence-electron chi connectivity index (χ1n) is 15.7. The molecule has 0 bridgehead atoms. The lowest BCUT2D eigenvalue weighted by molar-refractivity contribution is -0.123. The summed E-state index contributed by atoms with van der Waals surface area (Å²) in [5, 5.41) is 15.2. The summed E-state index contributed by atoms with van der Waals surface area (Å²) in [7, 11) is 3.63. The largest absolute Gasteiger partial charge is 0.477 e. The molecule has 0 spiro atoms. The van der Waals surface area contributed by atoms with Gasteiger partial charge in [0, 0.05) is 68.5 Å². The van der Waals surface area contributed by atoms with E-state index >= 15 is 8.78 Å². The number of carbonyl (C=O) groups excluding carboxylic acids is 2. The maximum absolute atomic E-state index is 16.0. The highest BCUT2D eigenvalue weighted by Crippen LogP contribution is 2.47. The van der Waals surface area contributed by atoms with Crippen molar-refractivity contribution >= 4 is 62.0 Å². The molecule has 0 radical (unpaired) electrons. The van der Waals surface area contributed by atoms with Crippen LogP contribution in [0.4, 0.5) is 20.2 Å². The Morgan fingerprint density at radius 3 is 2.65 bits per heavy atom. The topological polar surface area (TPSA) is 192 Å². The Hall–Kier alpha value is -5.48. The van der Waals surface area contributed by atoms with Crippen molar-refractivity contribution in [3.05, 3.63) is 58.1 Å². The van der Waals surface area contributed by atoms with Crippen molar-refractivity contribution in [2.75, 3.05) is 56.5 Å². The number of likely N-dealkylation sites (N-methyl/N-ethyl adjacent to an activating group) is 1. The van der Waals surface area contributed by atoms with E-state index < -0.39 is 40.3 Å². The van der Waals surface area contributed by atoms with Gasteiger partial charge in [0.15, 0.2) is 17.4 Å². The predicted molar refractivity (Wildman–Crippen MR) is 179 cm³/mol. The molecule has 2 unspecified atom stereocenters. The second kappa shape index (κ2) is 12.2. The van der Waals surface area contributed by atoms with Crippen molar-refractivity contribution in [3.8, 4) is 11.1 Å². The van der Waals surface area contributed by atoms with Crippen molar-refractivity contribution in [3.63, 3.8) is 0 Å². The number of carboxylic acids is 1. The number of aromatic carboxylic acids is 1. The van der Waals surface area contributed by atoms with Gasteiger partial charge in [-0.1, -0.05) is 0 Å². The van der Waals surface area contributed by atoms with Crippen LogP contribution in [0.3, 0.4) is 0 Å². The average Bonchev–Trinajstić information content (AvgIpc) is 3.77. The lowest BCUT2D eigenvalue weighted by Gasteiger charge is -2.29. The minimum absolute atomic E-state index is 0.0507. The number of aromatic nitrogens is 4. The molecule has 14 nitrogen and oxygen atoms in total. The van der Waals surface area contributed by atoms with Crippen LogP contribution < -0.4 is 26.7 Å². The number of nitrogens with two attached hydrogens (primary N) is 1. The molecule has 4 aromatic heterocycles. The Bertz CT molecular complexity index is 2270. The summed E-state index contributed by atoms with van der Waals surface area (Å²) in [4.78, 5) is 65.7. The molecule has 6 N–H and O–H groups in total. The summed E-state index contributed by atoms with van der Waals surface area (Å²) < 4.78 is 32.9. The number of ketones is 1. The fraction of sp³-hybridized carbons (Fsp3) is 0.333. The number of rotatable bonds is 9. The number of carbonyl (C=O) groups is 3. The number of likely N-dealkylation sites (tertiary alicyclic amines) is 1. The van der Waals surface area contributed by atoms with Gasteiger partial charge in [0.05, 0.1) is 52.7 Å². The van der Waals surface area contributed by atoms with Gasteiger partial charge in [-0.05, 0) is 25.5 Å². The molecule has 1 aromatic carbocycles. The maximum atomic E-state index is 16.0. The van der Waals surface area contributed by atoms with E-state index in [2.05, 4.69) is 35.4 Å². The zero-order valence-corrected chi connectivity index (χ0v) is 26.6. The fourth-order valence-electron chi connectivity index (χ4n) is 7.23. The van der Waals surface area contributed by atoms with E-state index in [1.54, 1.807) is 25.5 Å². The van der Waals surface area contributed by atoms with Crippen molar-refractivity contribution < 1.29 is 28.3 Å². The number of carboxylic acid groups (broad SMARTS) is 1.